The molecule has 6 fully saturated rings. The van der Waals surface area contributed by atoms with Crippen LogP contribution in [-0.2, 0) is 14.8 Å². The topological polar surface area (TPSA) is 70.2 Å². The molecule has 0 spiro atoms. The number of ether oxygens (including phenoxy) is 1. The van der Waals surface area contributed by atoms with E-state index in [4.69, 9.17) is 4.74 Å². The molecular weight excluding hydrogens is 438 g/mol. The summed E-state index contributed by atoms with van der Waals surface area (Å²) in [6.45, 7) is 5.02. The lowest BCUT2D eigenvalue weighted by Crippen LogP contribution is -2.64. The van der Waals surface area contributed by atoms with Crippen molar-refractivity contribution in [3.8, 4) is 0 Å². The van der Waals surface area contributed by atoms with E-state index >= 15 is 0 Å². The largest absolute Gasteiger partial charge is 0.379 e. The molecule has 1 aromatic rings. The summed E-state index contributed by atoms with van der Waals surface area (Å²) in [6, 6.07) is 6.48. The van der Waals surface area contributed by atoms with Crippen molar-refractivity contribution in [2.24, 2.45) is 17.8 Å². The molecule has 0 aromatic heterocycles. The number of carbonyl (C=O) groups is 1. The standard InChI is InChI=1S/C25H35N3O4S/c29-24(22-1-3-23(4-2-22)33(30,31)28-9-11-32-12-10-28)26-5-7-27(8-6-26)25-16-19-13-20(17-25)15-21(14-19)18-25/h1-4,19-21H,5-18H2. The number of sulfonamides is 1. The lowest BCUT2D eigenvalue weighted by molar-refractivity contribution is -0.0987. The summed E-state index contributed by atoms with van der Waals surface area (Å²) in [5.74, 6) is 2.81. The van der Waals surface area contributed by atoms with Crippen molar-refractivity contribution < 1.29 is 17.9 Å². The van der Waals surface area contributed by atoms with Crippen molar-refractivity contribution in [1.29, 1.82) is 0 Å². The zero-order valence-corrected chi connectivity index (χ0v) is 20.1. The quantitative estimate of drug-likeness (QED) is 0.672. The van der Waals surface area contributed by atoms with Crippen LogP contribution in [0.1, 0.15) is 48.9 Å². The Morgan fingerprint density at radius 2 is 1.36 bits per heavy atom. The number of benzene rings is 1. The minimum Gasteiger partial charge on any atom is -0.379 e. The number of piperazine rings is 1. The molecule has 0 radical (unpaired) electrons. The number of carbonyl (C=O) groups excluding carboxylic acids is 1. The average Bonchev–Trinajstić information content (AvgIpc) is 2.83. The van der Waals surface area contributed by atoms with Gasteiger partial charge in [-0.3, -0.25) is 9.69 Å². The zero-order chi connectivity index (χ0) is 22.6. The summed E-state index contributed by atoms with van der Waals surface area (Å²) < 4.78 is 32.4. The van der Waals surface area contributed by atoms with Crippen molar-refractivity contribution in [2.75, 3.05) is 52.5 Å². The van der Waals surface area contributed by atoms with Crippen molar-refractivity contribution in [1.82, 2.24) is 14.1 Å². The van der Waals surface area contributed by atoms with Gasteiger partial charge in [0, 0.05) is 50.4 Å². The van der Waals surface area contributed by atoms with Gasteiger partial charge in [-0.2, -0.15) is 4.31 Å². The van der Waals surface area contributed by atoms with Gasteiger partial charge in [-0.1, -0.05) is 0 Å². The van der Waals surface area contributed by atoms with Gasteiger partial charge in [-0.05, 0) is 80.5 Å². The third-order valence-electron chi connectivity index (χ3n) is 8.95. The van der Waals surface area contributed by atoms with Gasteiger partial charge in [0.05, 0.1) is 18.1 Å². The highest BCUT2D eigenvalue weighted by Gasteiger charge is 2.53. The number of hydrogen-bond donors (Lipinski definition) is 0. The van der Waals surface area contributed by atoms with Crippen LogP contribution in [0.2, 0.25) is 0 Å². The summed E-state index contributed by atoms with van der Waals surface area (Å²) in [5.41, 5.74) is 0.971. The van der Waals surface area contributed by atoms with E-state index in [1.807, 2.05) is 4.90 Å². The van der Waals surface area contributed by atoms with E-state index in [1.165, 1.54) is 42.8 Å². The van der Waals surface area contributed by atoms with Crippen LogP contribution in [0.5, 0.6) is 0 Å². The fraction of sp³-hybridized carbons (Fsp3) is 0.720. The molecule has 7 nitrogen and oxygen atoms in total. The maximum absolute atomic E-state index is 13.1. The number of nitrogens with zero attached hydrogens (tertiary/aromatic N) is 3. The molecule has 8 heteroatoms. The van der Waals surface area contributed by atoms with Gasteiger partial charge in [-0.25, -0.2) is 8.42 Å². The van der Waals surface area contributed by atoms with Gasteiger partial charge in [0.1, 0.15) is 0 Å². The van der Waals surface area contributed by atoms with Gasteiger partial charge >= 0.3 is 0 Å². The van der Waals surface area contributed by atoms with E-state index in [0.29, 0.717) is 37.4 Å². The number of rotatable bonds is 4. The number of amides is 1. The van der Waals surface area contributed by atoms with E-state index in [0.717, 1.165) is 43.9 Å². The molecule has 2 aliphatic heterocycles. The number of morpholine rings is 1. The molecule has 1 amide bonds. The molecule has 7 rings (SSSR count). The van der Waals surface area contributed by atoms with Crippen LogP contribution in [0.25, 0.3) is 0 Å². The summed E-state index contributed by atoms with van der Waals surface area (Å²) in [7, 11) is -3.54. The fourth-order valence-corrected chi connectivity index (χ4v) is 9.13. The normalized spacial score (nSPS) is 35.2. The van der Waals surface area contributed by atoms with Crippen LogP contribution >= 0.6 is 0 Å². The van der Waals surface area contributed by atoms with Gasteiger partial charge in [0.25, 0.3) is 5.91 Å². The molecule has 6 aliphatic rings. The van der Waals surface area contributed by atoms with Gasteiger partial charge in [-0.15, -0.1) is 0 Å². The van der Waals surface area contributed by atoms with Crippen LogP contribution in [0.3, 0.4) is 0 Å². The monoisotopic (exact) mass is 473 g/mol. The second kappa shape index (κ2) is 8.33. The number of hydrogen-bond acceptors (Lipinski definition) is 5. The predicted molar refractivity (Wildman–Crippen MR) is 124 cm³/mol. The van der Waals surface area contributed by atoms with E-state index < -0.39 is 10.0 Å². The summed E-state index contributed by atoms with van der Waals surface area (Å²) >= 11 is 0. The molecular formula is C25H35N3O4S. The summed E-state index contributed by atoms with van der Waals surface area (Å²) in [4.78, 5) is 18.1. The molecule has 0 atom stereocenters. The van der Waals surface area contributed by atoms with E-state index in [9.17, 15) is 13.2 Å². The second-order valence-electron chi connectivity index (χ2n) is 11.0. The smallest absolute Gasteiger partial charge is 0.253 e. The minimum absolute atomic E-state index is 0.00971. The van der Waals surface area contributed by atoms with Crippen molar-refractivity contribution in [3.05, 3.63) is 29.8 Å². The van der Waals surface area contributed by atoms with Crippen molar-refractivity contribution >= 4 is 15.9 Å². The highest BCUT2D eigenvalue weighted by atomic mass is 32.2. The first kappa shape index (κ1) is 22.0. The highest BCUT2D eigenvalue weighted by molar-refractivity contribution is 7.89. The molecule has 0 unspecified atom stereocenters. The van der Waals surface area contributed by atoms with E-state index in [1.54, 1.807) is 24.3 Å². The van der Waals surface area contributed by atoms with Crippen LogP contribution in [0.15, 0.2) is 29.2 Å². The molecule has 1 aromatic carbocycles. The maximum atomic E-state index is 13.1. The Morgan fingerprint density at radius 1 is 0.818 bits per heavy atom. The first-order valence-corrected chi connectivity index (χ1v) is 14.1. The minimum atomic E-state index is -3.54. The Kier molecular flexibility index (Phi) is 5.55. The van der Waals surface area contributed by atoms with Crippen LogP contribution in [0.4, 0.5) is 0 Å². The molecule has 4 bridgehead atoms. The van der Waals surface area contributed by atoms with Crippen LogP contribution in [-0.4, -0.2) is 86.5 Å². The third kappa shape index (κ3) is 3.93. The van der Waals surface area contributed by atoms with Crippen LogP contribution < -0.4 is 0 Å². The van der Waals surface area contributed by atoms with Gasteiger partial charge < -0.3 is 9.64 Å². The zero-order valence-electron chi connectivity index (χ0n) is 19.3. The van der Waals surface area contributed by atoms with Gasteiger partial charge in [0.2, 0.25) is 10.0 Å². The van der Waals surface area contributed by atoms with E-state index in [-0.39, 0.29) is 10.8 Å². The molecule has 180 valence electrons. The molecule has 4 saturated carbocycles. The van der Waals surface area contributed by atoms with E-state index in [2.05, 4.69) is 4.90 Å². The average molecular weight is 474 g/mol. The third-order valence-corrected chi connectivity index (χ3v) is 10.9. The summed E-state index contributed by atoms with van der Waals surface area (Å²) in [6.07, 6.45) is 8.46. The lowest BCUT2D eigenvalue weighted by Gasteiger charge is -2.61. The Bertz CT molecular complexity index is 960. The molecule has 0 N–H and O–H groups in total. The van der Waals surface area contributed by atoms with Crippen LogP contribution in [0, 0.1) is 17.8 Å². The fourth-order valence-electron chi connectivity index (χ4n) is 7.72. The predicted octanol–water partition coefficient (Wildman–Crippen LogP) is 2.43. The van der Waals surface area contributed by atoms with Crippen molar-refractivity contribution in [2.45, 2.75) is 49.0 Å². The first-order chi connectivity index (χ1) is 15.9. The van der Waals surface area contributed by atoms with Gasteiger partial charge in [0.15, 0.2) is 0 Å². The Balaban J connectivity index is 1.09. The first-order valence-electron chi connectivity index (χ1n) is 12.7. The summed E-state index contributed by atoms with van der Waals surface area (Å²) in [5, 5.41) is 0. The Labute approximate surface area is 197 Å². The maximum Gasteiger partial charge on any atom is 0.253 e. The molecule has 33 heavy (non-hydrogen) atoms. The SMILES string of the molecule is O=C(c1ccc(S(=O)(=O)N2CCOCC2)cc1)N1CCN(C23CC4CC(CC(C4)C2)C3)CC1. The van der Waals surface area contributed by atoms with Crippen molar-refractivity contribution in [3.63, 3.8) is 0 Å². The highest BCUT2D eigenvalue weighted by Crippen LogP contribution is 2.57. The Morgan fingerprint density at radius 3 is 1.91 bits per heavy atom. The lowest BCUT2D eigenvalue weighted by atomic mass is 9.52. The molecule has 2 saturated heterocycles. The molecule has 4 aliphatic carbocycles. The molecule has 2 heterocycles. The second-order valence-corrected chi connectivity index (χ2v) is 12.9. The Hall–Kier alpha value is -1.48.